The van der Waals surface area contributed by atoms with Crippen molar-refractivity contribution >= 4 is 46.6 Å². The van der Waals surface area contributed by atoms with Gasteiger partial charge in [-0.15, -0.1) is 0 Å². The molecule has 3 N–H and O–H groups in total. The normalized spacial score (nSPS) is 23.8. The maximum absolute atomic E-state index is 15.7. The maximum atomic E-state index is 15.7. The monoisotopic (exact) mass is 908 g/mol. The van der Waals surface area contributed by atoms with Gasteiger partial charge in [-0.25, -0.2) is 18.7 Å². The van der Waals surface area contributed by atoms with Gasteiger partial charge in [-0.3, -0.25) is 29.4 Å². The number of likely N-dealkylation sites (tertiary alicyclic amines) is 1. The van der Waals surface area contributed by atoms with Crippen LogP contribution in [-0.2, 0) is 27.5 Å². The molecular weight excluding hydrogens is 845 g/mol. The molecule has 6 fully saturated rings. The molecule has 15 nitrogen and oxygen atoms in total. The van der Waals surface area contributed by atoms with Gasteiger partial charge in [0, 0.05) is 105 Å². The van der Waals surface area contributed by atoms with E-state index in [4.69, 9.17) is 0 Å². The molecule has 7 aliphatic rings. The molecule has 2 aromatic carbocycles. The summed E-state index contributed by atoms with van der Waals surface area (Å²) in [6.45, 7) is 12.3. The van der Waals surface area contributed by atoms with Crippen LogP contribution in [0.5, 0.6) is 0 Å². The fourth-order valence-corrected chi connectivity index (χ4v) is 11.7. The fourth-order valence-electron chi connectivity index (χ4n) is 11.7. The van der Waals surface area contributed by atoms with Gasteiger partial charge in [0.05, 0.1) is 17.8 Å². The number of carbonyl (C=O) groups excluding carboxylic acids is 4. The van der Waals surface area contributed by atoms with E-state index in [1.165, 1.54) is 12.1 Å². The number of hydrogen-bond donors (Lipinski definition) is 3. The lowest BCUT2D eigenvalue weighted by Crippen LogP contribution is -2.66. The standard InChI is InChI=1S/C49H63F2N11O4/c1-47(2)10-16-58(17-11-47)25-32-20-37(51)40(21-36(32)50)60-27-44(64)56-49(30-60)12-18-59(19-13-49)42-22-41(53-31-54-42)52-14-5-15-57(3)33-23-48(24-33)28-61(29-48)38-7-4-6-34-35(38)26-62(46(34)66)39-8-9-43(63)55-45(39)65/h4,6-7,20-22,31,33,39H,5,8-19,23-30H2,1-3H3,(H,56,64)(H,52,53,54)(H,55,63,65). The molecular formula is C49H63F2N11O4. The average Bonchev–Trinajstić information content (AvgIpc) is 3.59. The van der Waals surface area contributed by atoms with Crippen LogP contribution >= 0.6 is 0 Å². The number of benzene rings is 2. The molecule has 1 unspecified atom stereocenters. The number of piperazine rings is 1. The van der Waals surface area contributed by atoms with Gasteiger partial charge in [0.2, 0.25) is 17.7 Å². The van der Waals surface area contributed by atoms with Gasteiger partial charge in [-0.1, -0.05) is 19.9 Å². The Kier molecular flexibility index (Phi) is 11.7. The molecule has 3 aromatic rings. The van der Waals surface area contributed by atoms with E-state index in [9.17, 15) is 19.2 Å². The highest BCUT2D eigenvalue weighted by Crippen LogP contribution is 2.52. The van der Waals surface area contributed by atoms with Crippen molar-refractivity contribution in [1.82, 2.24) is 35.3 Å². The van der Waals surface area contributed by atoms with Crippen LogP contribution in [0, 0.1) is 22.5 Å². The minimum atomic E-state index is -0.617. The number of aromatic nitrogens is 2. The van der Waals surface area contributed by atoms with Gasteiger partial charge in [0.15, 0.2) is 0 Å². The van der Waals surface area contributed by atoms with E-state index in [-0.39, 0.29) is 53.1 Å². The molecule has 0 bridgehead atoms. The van der Waals surface area contributed by atoms with E-state index in [2.05, 4.69) is 72.5 Å². The van der Waals surface area contributed by atoms with Crippen molar-refractivity contribution < 1.29 is 28.0 Å². The summed E-state index contributed by atoms with van der Waals surface area (Å²) in [6.07, 6.45) is 8.74. The van der Waals surface area contributed by atoms with Crippen LogP contribution < -0.4 is 30.7 Å². The van der Waals surface area contributed by atoms with Crippen molar-refractivity contribution in [3.05, 3.63) is 71.1 Å². The predicted octanol–water partition coefficient (Wildman–Crippen LogP) is 4.52. The van der Waals surface area contributed by atoms with E-state index in [1.807, 2.05) is 18.2 Å². The summed E-state index contributed by atoms with van der Waals surface area (Å²) in [6, 6.07) is 10.3. The van der Waals surface area contributed by atoms with Gasteiger partial charge in [0.1, 0.15) is 35.6 Å². The van der Waals surface area contributed by atoms with E-state index < -0.39 is 23.2 Å². The molecule has 7 heterocycles. The zero-order chi connectivity index (χ0) is 46.0. The van der Waals surface area contributed by atoms with Gasteiger partial charge in [-0.2, -0.15) is 0 Å². The summed E-state index contributed by atoms with van der Waals surface area (Å²) >= 11 is 0. The number of imide groups is 1. The van der Waals surface area contributed by atoms with Crippen LogP contribution in [0.3, 0.4) is 0 Å². The summed E-state index contributed by atoms with van der Waals surface area (Å²) in [7, 11) is 2.20. The lowest BCUT2D eigenvalue weighted by molar-refractivity contribution is -0.137. The summed E-state index contributed by atoms with van der Waals surface area (Å²) in [5.74, 6) is -0.347. The van der Waals surface area contributed by atoms with E-state index >= 15 is 8.78 Å². The second-order valence-corrected chi connectivity index (χ2v) is 21.2. The first-order valence-corrected chi connectivity index (χ1v) is 23.9. The number of hydrogen-bond acceptors (Lipinski definition) is 12. The predicted molar refractivity (Wildman–Crippen MR) is 247 cm³/mol. The molecule has 0 radical (unpaired) electrons. The van der Waals surface area contributed by atoms with Crippen LogP contribution in [0.1, 0.15) is 93.1 Å². The van der Waals surface area contributed by atoms with Gasteiger partial charge >= 0.3 is 0 Å². The van der Waals surface area contributed by atoms with Crippen LogP contribution in [0.25, 0.3) is 0 Å². The molecule has 6 aliphatic heterocycles. The van der Waals surface area contributed by atoms with Crippen molar-refractivity contribution in [2.45, 2.75) is 102 Å². The Balaban J connectivity index is 0.661. The fraction of sp³-hybridized carbons (Fsp3) is 0.592. The van der Waals surface area contributed by atoms with Gasteiger partial charge < -0.3 is 35.1 Å². The summed E-state index contributed by atoms with van der Waals surface area (Å²) in [5, 5.41) is 9.09. The molecule has 2 spiro atoms. The van der Waals surface area contributed by atoms with Crippen LogP contribution in [0.15, 0.2) is 42.7 Å². The Morgan fingerprint density at radius 2 is 1.62 bits per heavy atom. The van der Waals surface area contributed by atoms with E-state index in [0.717, 1.165) is 94.3 Å². The molecule has 4 amide bonds. The van der Waals surface area contributed by atoms with Crippen molar-refractivity contribution in [2.75, 3.05) is 92.5 Å². The lowest BCUT2D eigenvalue weighted by atomic mass is 9.60. The number of nitrogens with one attached hydrogen (secondary N) is 3. The Hall–Kier alpha value is -5.42. The quantitative estimate of drug-likeness (QED) is 0.174. The zero-order valence-electron chi connectivity index (χ0n) is 38.5. The average molecular weight is 908 g/mol. The first-order valence-electron chi connectivity index (χ1n) is 23.9. The van der Waals surface area contributed by atoms with Crippen molar-refractivity contribution in [1.29, 1.82) is 0 Å². The minimum Gasteiger partial charge on any atom is -0.370 e. The van der Waals surface area contributed by atoms with Crippen molar-refractivity contribution in [3.8, 4) is 0 Å². The molecule has 1 atom stereocenters. The molecule has 1 saturated carbocycles. The highest BCUT2D eigenvalue weighted by molar-refractivity contribution is 6.06. The molecule has 10 rings (SSSR count). The highest BCUT2D eigenvalue weighted by Gasteiger charge is 2.54. The van der Waals surface area contributed by atoms with Gasteiger partial charge in [-0.05, 0) is 102 Å². The van der Waals surface area contributed by atoms with Crippen LogP contribution in [0.2, 0.25) is 0 Å². The van der Waals surface area contributed by atoms with Crippen molar-refractivity contribution in [2.24, 2.45) is 10.8 Å². The smallest absolute Gasteiger partial charge is 0.255 e. The Labute approximate surface area is 385 Å². The van der Waals surface area contributed by atoms with Crippen LogP contribution in [-0.4, -0.2) is 138 Å². The Morgan fingerprint density at radius 1 is 0.848 bits per heavy atom. The number of rotatable bonds is 12. The molecule has 5 saturated heterocycles. The largest absolute Gasteiger partial charge is 0.370 e. The second kappa shape index (κ2) is 17.3. The maximum Gasteiger partial charge on any atom is 0.255 e. The number of fused-ring (bicyclic) bond motifs is 1. The van der Waals surface area contributed by atoms with Gasteiger partial charge in [0.25, 0.3) is 5.91 Å². The SMILES string of the molecule is CN(CCCNc1cc(N2CCC3(CC2)CN(c2cc(F)c(CN4CCC(C)(C)CC4)cc2F)CC(=O)N3)ncn1)C1CC2(C1)CN(c1cccc3c1CN(C1CCC(=O)NC1=O)C3=O)C2. The zero-order valence-corrected chi connectivity index (χ0v) is 38.5. The summed E-state index contributed by atoms with van der Waals surface area (Å²) < 4.78 is 31.2. The first-order chi connectivity index (χ1) is 31.6. The summed E-state index contributed by atoms with van der Waals surface area (Å²) in [4.78, 5) is 72.3. The summed E-state index contributed by atoms with van der Waals surface area (Å²) in [5.41, 5.74) is 3.21. The third kappa shape index (κ3) is 8.80. The number of amides is 4. The third-order valence-corrected chi connectivity index (χ3v) is 15.9. The van der Waals surface area contributed by atoms with Crippen LogP contribution in [0.4, 0.5) is 31.8 Å². The number of carbonyl (C=O) groups is 4. The lowest BCUT2D eigenvalue weighted by Gasteiger charge is -2.61. The van der Waals surface area contributed by atoms with Crippen molar-refractivity contribution in [3.63, 3.8) is 0 Å². The molecule has 66 heavy (non-hydrogen) atoms. The van der Waals surface area contributed by atoms with E-state index in [0.29, 0.717) is 69.2 Å². The minimum absolute atomic E-state index is 0.0163. The molecule has 352 valence electrons. The Morgan fingerprint density at radius 3 is 2.38 bits per heavy atom. The number of piperidine rings is 3. The topological polar surface area (TPSA) is 150 Å². The molecule has 1 aliphatic carbocycles. The van der Waals surface area contributed by atoms with E-state index in [1.54, 1.807) is 16.1 Å². The molecule has 1 aromatic heterocycles. The molecule has 17 heteroatoms. The number of halogens is 2. The second-order valence-electron chi connectivity index (χ2n) is 21.2. The first kappa shape index (κ1) is 44.4. The third-order valence-electron chi connectivity index (χ3n) is 15.9. The Bertz CT molecular complexity index is 2380. The number of anilines is 4. The highest BCUT2D eigenvalue weighted by atomic mass is 19.1. The number of nitrogens with zero attached hydrogens (tertiary/aromatic N) is 8.